The zero-order valence-corrected chi connectivity index (χ0v) is 55.7. The fourth-order valence-electron chi connectivity index (χ4n) is 12.8. The number of likely N-dealkylation sites (N-methyl/N-ethyl adjacent to an activating group) is 1. The van der Waals surface area contributed by atoms with Gasteiger partial charge in [-0.25, -0.2) is 4.79 Å². The summed E-state index contributed by atoms with van der Waals surface area (Å²) >= 11 is 14.3. The molecule has 0 aromatic heterocycles. The molecular weight excluding hydrogens is 1370 g/mol. The predicted molar refractivity (Wildman–Crippen MR) is 348 cm³/mol. The number of phenols is 3. The Bertz CT molecular complexity index is 4150. The monoisotopic (exact) mass is 1450 g/mol. The lowest BCUT2D eigenvalue weighted by Gasteiger charge is -2.47. The molecule has 0 aliphatic carbocycles. The van der Waals surface area contributed by atoms with Gasteiger partial charge in [-0.3, -0.25) is 33.6 Å². The van der Waals surface area contributed by atoms with Crippen LogP contribution in [-0.4, -0.2) is 186 Å². The second kappa shape index (κ2) is 28.9. The number of aliphatic hydroxyl groups is 5. The third kappa shape index (κ3) is 14.9. The molecule has 0 saturated carbocycles. The van der Waals surface area contributed by atoms with Crippen LogP contribution >= 0.6 is 23.2 Å². The van der Waals surface area contributed by atoms with E-state index in [0.717, 1.165) is 60.7 Å². The van der Waals surface area contributed by atoms with Crippen molar-refractivity contribution in [3.8, 4) is 62.9 Å². The number of carbonyl (C=O) groups is 8. The number of phenolic OH excluding ortho intramolecular Hbond substituents is 3. The molecule has 20 N–H and O–H groups in total. The number of fused-ring (bicyclic) bond motifs is 16. The topological polar surface area (TPSA) is 519 Å². The third-order valence-corrected chi connectivity index (χ3v) is 18.6. The zero-order chi connectivity index (χ0) is 73.1. The van der Waals surface area contributed by atoms with Gasteiger partial charge in [-0.15, -0.1) is 0 Å². The first-order valence-corrected chi connectivity index (χ1v) is 32.5. The number of nitrogens with two attached hydrogens (primary N) is 2. The van der Waals surface area contributed by atoms with Crippen molar-refractivity contribution in [1.82, 2.24) is 37.2 Å². The molecule has 35 heteroatoms. The number of amides is 7. The highest BCUT2D eigenvalue weighted by Crippen LogP contribution is 2.52. The van der Waals surface area contributed by atoms with Crippen LogP contribution in [0.2, 0.25) is 10.0 Å². The molecule has 33 nitrogen and oxygen atoms in total. The molecule has 2 saturated heterocycles. The first kappa shape index (κ1) is 72.9. The molecule has 14 bridgehead atoms. The molecule has 0 spiro atoms. The molecule has 18 atom stereocenters. The number of ether oxygens (including phenoxy) is 7. The Balaban J connectivity index is 1.18. The lowest BCUT2D eigenvalue weighted by atomic mass is 9.86. The standard InChI is InChI=1S/C66H73Cl2N9O24/c1-22(2)10-33(71-5)58(87)76-48-50(82)25-7-9-37(31(67)12-25)97-39-14-26-15-40-55(39)101-65-56(100-43-20-66(4,70)57(86)23(3)96-43)53(85)52(84)41(99-65)21-95-38-16-27(13-32(68)54(38)98-40)51(83)49-63(92)75-47(64(93)94)30-17-28(78)18-36(80)44(30)29-11-24(6-8-35(29)79)45(60(89)77-49)74-61(90)46(26)73-59(88)34(19-42(69)81)72-62(48)91/h6-9,11-18,22-23,33-34,41,43,45-53,56-57,65,71,78-80,82-86H,10,19-21,70H2,1-5H3,(H2,69,81)(H,72,91)(H,73,88)(H,74,90)(H,75,92)(H,76,87)(H,77,89)(H,93,94)/t23-,33+,34-,41+,43-,45+,46+,47-,48+,49-,50+,51+,52+,53-,56+,57+,65-,66-/m0/s1. The number of hydrogen-bond donors (Lipinski definition) is 18. The molecule has 540 valence electrons. The van der Waals surface area contributed by atoms with Gasteiger partial charge in [-0.2, -0.15) is 0 Å². The number of rotatable bonds is 10. The Kier molecular flexibility index (Phi) is 20.9. The molecule has 2 fully saturated rings. The minimum atomic E-state index is -2.38. The number of halogens is 2. The fourth-order valence-corrected chi connectivity index (χ4v) is 13.3. The quantitative estimate of drug-likeness (QED) is 0.0905. The van der Waals surface area contributed by atoms with Gasteiger partial charge in [0.15, 0.2) is 41.4 Å². The number of primary amides is 1. The maximum absolute atomic E-state index is 16.1. The number of aliphatic carboxylic acids is 1. The molecule has 5 aromatic carbocycles. The minimum absolute atomic E-state index is 0.0908. The number of carbonyl (C=O) groups excluding carboxylic acids is 7. The van der Waals surface area contributed by atoms with Crippen LogP contribution in [0.5, 0.6) is 51.7 Å². The van der Waals surface area contributed by atoms with Crippen LogP contribution < -0.4 is 67.6 Å². The second-order valence-corrected chi connectivity index (χ2v) is 26.8. The van der Waals surface area contributed by atoms with Crippen LogP contribution in [0, 0.1) is 5.92 Å². The van der Waals surface area contributed by atoms with Crippen LogP contribution in [0.1, 0.15) is 105 Å². The van der Waals surface area contributed by atoms with Crippen LogP contribution in [0.25, 0.3) is 11.1 Å². The number of hydrogen-bond acceptors (Lipinski definition) is 25. The summed E-state index contributed by atoms with van der Waals surface area (Å²) in [5.74, 6) is -16.5. The maximum atomic E-state index is 16.1. The van der Waals surface area contributed by atoms with E-state index in [2.05, 4.69) is 37.2 Å². The van der Waals surface area contributed by atoms with E-state index in [-0.39, 0.29) is 40.7 Å². The van der Waals surface area contributed by atoms with Crippen LogP contribution in [0.3, 0.4) is 0 Å². The number of aliphatic hydroxyl groups excluding tert-OH is 5. The smallest absolute Gasteiger partial charge is 0.330 e. The summed E-state index contributed by atoms with van der Waals surface area (Å²) in [4.78, 5) is 117. The minimum Gasteiger partial charge on any atom is -0.508 e. The lowest BCUT2D eigenvalue weighted by Crippen LogP contribution is -2.64. The molecule has 8 aliphatic heterocycles. The van der Waals surface area contributed by atoms with E-state index >= 15 is 19.2 Å². The third-order valence-electron chi connectivity index (χ3n) is 18.1. The maximum Gasteiger partial charge on any atom is 0.330 e. The average Bonchev–Trinajstić information content (AvgIpc) is 1.54. The Morgan fingerprint density at radius 1 is 0.713 bits per heavy atom. The molecule has 8 heterocycles. The summed E-state index contributed by atoms with van der Waals surface area (Å²) in [5.41, 5.74) is 7.95. The number of aromatic hydroxyl groups is 3. The van der Waals surface area contributed by atoms with Gasteiger partial charge >= 0.3 is 5.97 Å². The van der Waals surface area contributed by atoms with E-state index in [1.54, 1.807) is 0 Å². The molecule has 13 rings (SSSR count). The highest BCUT2D eigenvalue weighted by Gasteiger charge is 2.52. The van der Waals surface area contributed by atoms with Gasteiger partial charge in [0, 0.05) is 34.7 Å². The largest absolute Gasteiger partial charge is 0.508 e. The highest BCUT2D eigenvalue weighted by atomic mass is 35.5. The molecule has 5 aromatic rings. The van der Waals surface area contributed by atoms with Gasteiger partial charge in [0.25, 0.3) is 0 Å². The van der Waals surface area contributed by atoms with Crippen molar-refractivity contribution >= 4 is 70.5 Å². The summed E-state index contributed by atoms with van der Waals surface area (Å²) in [5, 5.41) is 121. The van der Waals surface area contributed by atoms with Crippen molar-refractivity contribution in [2.75, 3.05) is 13.7 Å². The molecule has 0 unspecified atom stereocenters. The number of carboxylic acids is 1. The van der Waals surface area contributed by atoms with E-state index in [9.17, 15) is 65.1 Å². The highest BCUT2D eigenvalue weighted by molar-refractivity contribution is 6.32. The van der Waals surface area contributed by atoms with Crippen LogP contribution in [0.15, 0.2) is 72.8 Å². The molecular formula is C66H73Cl2N9O24. The van der Waals surface area contributed by atoms with Crippen molar-refractivity contribution in [1.29, 1.82) is 0 Å². The van der Waals surface area contributed by atoms with Crippen LogP contribution in [0.4, 0.5) is 0 Å². The zero-order valence-electron chi connectivity index (χ0n) is 54.2. The number of carboxylic acid groups (broad SMARTS) is 1. The lowest BCUT2D eigenvalue weighted by molar-refractivity contribution is -0.333. The molecule has 101 heavy (non-hydrogen) atoms. The summed E-state index contributed by atoms with van der Waals surface area (Å²) in [6, 6.07) is -1.88. The van der Waals surface area contributed by atoms with E-state index in [4.69, 9.17) is 67.8 Å². The van der Waals surface area contributed by atoms with Gasteiger partial charge in [0.1, 0.15) is 90.3 Å². The Morgan fingerprint density at radius 3 is 2.05 bits per heavy atom. The van der Waals surface area contributed by atoms with Crippen molar-refractivity contribution in [3.63, 3.8) is 0 Å². The van der Waals surface area contributed by atoms with Gasteiger partial charge in [0.05, 0.1) is 34.7 Å². The summed E-state index contributed by atoms with van der Waals surface area (Å²) in [6.45, 7) is 5.89. The van der Waals surface area contributed by atoms with Crippen molar-refractivity contribution in [2.45, 2.75) is 156 Å². The second-order valence-electron chi connectivity index (χ2n) is 26.0. The fraction of sp³-hybridized carbons (Fsp3) is 0.424. The molecule has 8 aliphatic rings. The van der Waals surface area contributed by atoms with E-state index in [0.29, 0.717) is 0 Å². The van der Waals surface area contributed by atoms with E-state index in [1.165, 1.54) is 33.0 Å². The predicted octanol–water partition coefficient (Wildman–Crippen LogP) is 0.506. The first-order valence-electron chi connectivity index (χ1n) is 31.7. The van der Waals surface area contributed by atoms with Crippen molar-refractivity contribution < 1.29 is 117 Å². The van der Waals surface area contributed by atoms with Crippen LogP contribution in [-0.2, 0) is 52.6 Å². The first-order chi connectivity index (χ1) is 47.7. The van der Waals surface area contributed by atoms with E-state index in [1.807, 2.05) is 13.8 Å². The molecule has 7 amide bonds. The average molecular weight is 1450 g/mol. The van der Waals surface area contributed by atoms with Crippen molar-refractivity contribution in [3.05, 3.63) is 111 Å². The summed E-state index contributed by atoms with van der Waals surface area (Å²) in [7, 11) is 1.48. The van der Waals surface area contributed by atoms with Crippen molar-refractivity contribution in [2.24, 2.45) is 17.4 Å². The normalized spacial score (nSPS) is 29.9. The van der Waals surface area contributed by atoms with E-state index < -0.39 is 248 Å². The Labute approximate surface area is 583 Å². The number of benzene rings is 5. The molecule has 0 radical (unpaired) electrons. The Hall–Kier alpha value is -9.36. The Morgan fingerprint density at radius 2 is 1.38 bits per heavy atom. The van der Waals surface area contributed by atoms with Gasteiger partial charge in [-0.1, -0.05) is 49.2 Å². The SMILES string of the molecule is CN[C@H](CC(C)C)C(=O)N[C@H]1C(=O)N[C@@H](CC(N)=O)C(=O)N[C@H]2C(=O)N[C@H]3C(=O)N[C@H](C(=O)N[C@H](C(=O)O)c4cc(O)cc(O)c4-c4cc3ccc4O)[C@H](O)c3cc(Cl)c4c(c3)OC[C@H]3O[C@@H](Oc5c(cc2cc5O4)Oc2ccc(cc2Cl)[C@H]1O)[C@H](O[C@H]1C[C@](C)(N)[C@H](O)[C@H](C)O1)[C@@H](O)[C@@H]3O. The number of nitrogens with one attached hydrogen (secondary N) is 7. The van der Waals surface area contributed by atoms with Gasteiger partial charge in [-0.05, 0) is 110 Å². The van der Waals surface area contributed by atoms with Gasteiger partial charge in [0.2, 0.25) is 53.4 Å². The van der Waals surface area contributed by atoms with Gasteiger partial charge < -0.3 is 128 Å². The summed E-state index contributed by atoms with van der Waals surface area (Å²) in [6.07, 6.45) is -18.5. The summed E-state index contributed by atoms with van der Waals surface area (Å²) < 4.78 is 45.3.